The molecular weight excluding hydrogens is 1010 g/mol. The Hall–Kier alpha value is 2.71. The van der Waals surface area contributed by atoms with Crippen molar-refractivity contribution < 1.29 is 79.2 Å². The number of carboxylic acids is 1. The van der Waals surface area contributed by atoms with E-state index < -0.39 is 5.97 Å². The van der Waals surface area contributed by atoms with E-state index >= 15 is 0 Å². The number of hydrogen-bond acceptors (Lipinski definition) is 4. The maximum Gasteiger partial charge on any atom is 1.00 e. The Morgan fingerprint density at radius 3 is 2.09 bits per heavy atom. The van der Waals surface area contributed by atoms with Gasteiger partial charge >= 0.3 is 59.1 Å². The predicted molar refractivity (Wildman–Crippen MR) is 162 cm³/mol. The second-order valence-electron chi connectivity index (χ2n) is 6.47. The summed E-state index contributed by atoms with van der Waals surface area (Å²) in [4.78, 5) is 12.2. The molecule has 4 rings (SSSR count). The molecule has 1 aliphatic heterocycles. The quantitative estimate of drug-likeness (QED) is 0.0965. The summed E-state index contributed by atoms with van der Waals surface area (Å²) < 4.78 is 9.44. The van der Waals surface area contributed by atoms with Crippen LogP contribution in [-0.2, 0) is 0 Å². The largest absolute Gasteiger partial charge is 1.00 e. The number of ether oxygens (including phenoxy) is 1. The first-order valence-electron chi connectivity index (χ1n) is 8.34. The minimum absolute atomic E-state index is 0. The molecule has 0 atom stereocenters. The van der Waals surface area contributed by atoms with Crippen LogP contribution in [0.4, 0.5) is 0 Å². The third-order valence-electron chi connectivity index (χ3n) is 4.68. The summed E-state index contributed by atoms with van der Waals surface area (Å²) in [5.41, 5.74) is 0.874. The molecule has 0 bridgehead atoms. The van der Waals surface area contributed by atoms with Gasteiger partial charge in [-0.25, -0.2) is 0 Å². The summed E-state index contributed by atoms with van der Waals surface area (Å²) in [5.74, 6) is -0.499. The Morgan fingerprint density at radius 2 is 1.51 bits per heavy atom. The van der Waals surface area contributed by atoms with Crippen LogP contribution in [0.1, 0.15) is 21.5 Å². The molecule has 0 saturated heterocycles. The molecular formula is C21H5Cl4I4Na2O4-. The Morgan fingerprint density at radius 1 is 0.943 bits per heavy atom. The molecule has 14 heteroatoms. The van der Waals surface area contributed by atoms with Gasteiger partial charge in [0.1, 0.15) is 5.75 Å². The monoisotopic (exact) mass is 1010 g/mol. The summed E-state index contributed by atoms with van der Waals surface area (Å²) in [6.07, 6.45) is 0. The molecule has 1 aliphatic rings. The number of fused-ring (bicyclic) bond motifs is 2. The Labute approximate surface area is 319 Å². The van der Waals surface area contributed by atoms with E-state index in [9.17, 15) is 9.90 Å². The number of benzene rings is 3. The normalized spacial score (nSPS) is 11.3. The van der Waals surface area contributed by atoms with E-state index in [1.807, 2.05) is 12.1 Å². The fourth-order valence-electron chi connectivity index (χ4n) is 3.29. The van der Waals surface area contributed by atoms with Crippen molar-refractivity contribution in [2.24, 2.45) is 0 Å². The van der Waals surface area contributed by atoms with Crippen LogP contribution >= 0.6 is 137 Å². The Bertz CT molecular complexity index is 1500. The van der Waals surface area contributed by atoms with Gasteiger partial charge in [0, 0.05) is 25.7 Å². The van der Waals surface area contributed by atoms with Crippen LogP contribution in [0.5, 0.6) is 11.5 Å². The third-order valence-corrected chi connectivity index (χ3v) is 9.92. The van der Waals surface area contributed by atoms with Crippen LogP contribution in [0.3, 0.4) is 0 Å². The second-order valence-corrected chi connectivity index (χ2v) is 12.5. The van der Waals surface area contributed by atoms with E-state index in [0.717, 1.165) is 15.9 Å². The SMILES string of the molecule is C=c1c(I)cc2c(c1I)Oc1c(I)[c-]c(I)cc1C=2c1c(Cl)c(Cl)c(Cl)c(Cl)c1C(=O)[O-].[Na+].[Na+].[OH-]. The zero-order valence-corrected chi connectivity index (χ0v) is 33.2. The topological polar surface area (TPSA) is 79.4 Å². The average molecular weight is 1020 g/mol. The van der Waals surface area contributed by atoms with E-state index in [1.165, 1.54) is 0 Å². The summed E-state index contributed by atoms with van der Waals surface area (Å²) in [5, 5.41) is 13.1. The third kappa shape index (κ3) is 6.47. The van der Waals surface area contributed by atoms with Gasteiger partial charge in [-0.3, -0.25) is 0 Å². The average Bonchev–Trinajstić information content (AvgIpc) is 2.72. The van der Waals surface area contributed by atoms with Gasteiger partial charge < -0.3 is 20.1 Å². The minimum Gasteiger partial charge on any atom is -0.870 e. The predicted octanol–water partition coefficient (Wildman–Crippen LogP) is 0.477. The summed E-state index contributed by atoms with van der Waals surface area (Å²) in [6, 6.07) is 6.91. The van der Waals surface area contributed by atoms with Crippen LogP contribution in [0.2, 0.25) is 20.1 Å². The van der Waals surface area contributed by atoms with Crippen LogP contribution in [0, 0.1) is 20.3 Å². The zero-order valence-electron chi connectivity index (χ0n) is 17.6. The number of carbonyl (C=O) groups is 1. The molecule has 0 saturated carbocycles. The van der Waals surface area contributed by atoms with Crippen molar-refractivity contribution in [1.82, 2.24) is 0 Å². The first kappa shape index (κ1) is 35.7. The molecule has 35 heavy (non-hydrogen) atoms. The van der Waals surface area contributed by atoms with Crippen LogP contribution in [0.25, 0.3) is 12.2 Å². The first-order chi connectivity index (χ1) is 15.0. The van der Waals surface area contributed by atoms with Crippen molar-refractivity contribution in [3.8, 4) is 11.5 Å². The van der Waals surface area contributed by atoms with Crippen LogP contribution in [0.15, 0.2) is 12.1 Å². The van der Waals surface area contributed by atoms with Gasteiger partial charge in [0.15, 0.2) is 0 Å². The minimum atomic E-state index is -1.53. The summed E-state index contributed by atoms with van der Waals surface area (Å²) in [6.45, 7) is 4.12. The van der Waals surface area contributed by atoms with E-state index in [0.29, 0.717) is 31.4 Å². The first-order valence-corrected chi connectivity index (χ1v) is 14.2. The van der Waals surface area contributed by atoms with Crippen LogP contribution < -0.4 is 79.4 Å². The molecule has 0 spiro atoms. The molecule has 0 unspecified atom stereocenters. The second kappa shape index (κ2) is 14.1. The van der Waals surface area contributed by atoms with Gasteiger partial charge in [0.05, 0.1) is 29.6 Å². The summed E-state index contributed by atoms with van der Waals surface area (Å²) in [7, 11) is 0. The van der Waals surface area contributed by atoms with Gasteiger partial charge in [0.25, 0.3) is 0 Å². The molecule has 172 valence electrons. The van der Waals surface area contributed by atoms with Crippen molar-refractivity contribution in [3.63, 3.8) is 0 Å². The molecule has 0 amide bonds. The van der Waals surface area contributed by atoms with Gasteiger partial charge in [-0.2, -0.15) is 6.07 Å². The standard InChI is InChI=1S/C21H5Cl4I4O3.2Na.H2O/c1-5-9(27)4-8-11(12-13(21(30)31)15(23)17(25)16(24)14(12)22)7-2-6(26)3-10(28)19(7)32-20(8)18(5)29;;;/h2,4H,1H2,(H,30,31);;;1H2/q-1;2*+1;/p-2. The number of carboxylic acid groups (broad SMARTS) is 1. The number of aromatic carboxylic acids is 1. The number of carbonyl (C=O) groups excluding carboxylic acids is 1. The molecule has 0 fully saturated rings. The fraction of sp³-hybridized carbons (Fsp3) is 0. The molecule has 0 aliphatic carbocycles. The van der Waals surface area contributed by atoms with E-state index in [1.54, 1.807) is 0 Å². The maximum atomic E-state index is 12.2. The molecule has 4 nitrogen and oxygen atoms in total. The van der Waals surface area contributed by atoms with Crippen molar-refractivity contribution in [1.29, 1.82) is 0 Å². The molecule has 0 aromatic heterocycles. The van der Waals surface area contributed by atoms with Gasteiger partial charge in [0.2, 0.25) is 0 Å². The van der Waals surface area contributed by atoms with Crippen molar-refractivity contribution in [3.05, 3.63) is 79.7 Å². The maximum absolute atomic E-state index is 12.2. The summed E-state index contributed by atoms with van der Waals surface area (Å²) >= 11 is 34.1. The van der Waals surface area contributed by atoms with Crippen LogP contribution in [-0.4, -0.2) is 11.4 Å². The fourth-order valence-corrected chi connectivity index (χ4v) is 7.89. The number of rotatable bonds is 2. The van der Waals surface area contributed by atoms with E-state index in [-0.39, 0.29) is 95.8 Å². The van der Waals surface area contributed by atoms with Crippen molar-refractivity contribution >= 4 is 155 Å². The van der Waals surface area contributed by atoms with E-state index in [4.69, 9.17) is 51.1 Å². The van der Waals surface area contributed by atoms with Gasteiger partial charge in [-0.1, -0.05) is 111 Å². The smallest absolute Gasteiger partial charge is 0.870 e. The molecule has 1 N–H and O–H groups in total. The van der Waals surface area contributed by atoms with Gasteiger partial charge in [-0.05, 0) is 62.0 Å². The zero-order chi connectivity index (χ0) is 23.6. The molecule has 3 aromatic carbocycles. The van der Waals surface area contributed by atoms with Gasteiger partial charge in [-0.15, -0.1) is 6.07 Å². The number of hydrogen-bond donors (Lipinski definition) is 0. The van der Waals surface area contributed by atoms with Crippen molar-refractivity contribution in [2.75, 3.05) is 0 Å². The Balaban J connectivity index is 0.00000204. The Kier molecular flexibility index (Phi) is 14.4. The molecule has 3 aromatic rings. The molecule has 1 heterocycles. The number of halogens is 8. The molecule has 0 radical (unpaired) electrons. The van der Waals surface area contributed by atoms with E-state index in [2.05, 4.69) is 103 Å². The van der Waals surface area contributed by atoms with Crippen molar-refractivity contribution in [2.45, 2.75) is 0 Å².